The van der Waals surface area contributed by atoms with E-state index < -0.39 is 17.7 Å². The van der Waals surface area contributed by atoms with Gasteiger partial charge >= 0.3 is 5.97 Å². The number of carboxylic acids is 1. The van der Waals surface area contributed by atoms with E-state index in [1.807, 2.05) is 44.3 Å². The van der Waals surface area contributed by atoms with E-state index in [0.29, 0.717) is 19.3 Å². The molecule has 2 unspecified atom stereocenters. The zero-order chi connectivity index (χ0) is 18.0. The first kappa shape index (κ1) is 17.9. The van der Waals surface area contributed by atoms with Gasteiger partial charge in [0.2, 0.25) is 5.91 Å². The van der Waals surface area contributed by atoms with E-state index in [9.17, 15) is 14.7 Å². The van der Waals surface area contributed by atoms with Crippen LogP contribution in [0.1, 0.15) is 37.7 Å². The molecule has 25 heavy (non-hydrogen) atoms. The second-order valence-electron chi connectivity index (χ2n) is 6.99. The molecule has 1 aromatic carbocycles. The highest BCUT2D eigenvalue weighted by molar-refractivity contribution is 5.89. The van der Waals surface area contributed by atoms with Crippen molar-refractivity contribution in [3.8, 4) is 0 Å². The summed E-state index contributed by atoms with van der Waals surface area (Å²) in [6, 6.07) is 8.68. The molecular weight excluding hydrogens is 320 g/mol. The van der Waals surface area contributed by atoms with Gasteiger partial charge in [0.25, 0.3) is 0 Å². The van der Waals surface area contributed by atoms with Crippen molar-refractivity contribution in [3.05, 3.63) is 35.9 Å². The summed E-state index contributed by atoms with van der Waals surface area (Å²) in [5.74, 6) is -1.48. The molecule has 0 aliphatic carbocycles. The molecule has 1 aromatic rings. The van der Waals surface area contributed by atoms with Gasteiger partial charge in [-0.25, -0.2) is 4.79 Å². The molecule has 1 N–H and O–H groups in total. The number of piperidine rings is 1. The molecule has 2 saturated heterocycles. The Morgan fingerprint density at radius 2 is 1.92 bits per heavy atom. The van der Waals surface area contributed by atoms with Gasteiger partial charge in [0, 0.05) is 25.9 Å². The molecule has 2 atom stereocenters. The molecule has 6 heteroatoms. The Balaban J connectivity index is 1.93. The summed E-state index contributed by atoms with van der Waals surface area (Å²) in [5, 5.41) is 9.64. The third-order valence-electron chi connectivity index (χ3n) is 5.46. The minimum atomic E-state index is -0.993. The fraction of sp³-hybridized carbons (Fsp3) is 0.579. The third kappa shape index (κ3) is 3.28. The predicted molar refractivity (Wildman–Crippen MR) is 93.2 cm³/mol. The number of nitrogens with zero attached hydrogens (tertiary/aromatic N) is 2. The maximum absolute atomic E-state index is 13.4. The maximum atomic E-state index is 13.4. The summed E-state index contributed by atoms with van der Waals surface area (Å²) in [4.78, 5) is 28.9. The molecule has 1 amide bonds. The zero-order valence-electron chi connectivity index (χ0n) is 14.9. The smallest absolute Gasteiger partial charge is 0.328 e. The Hall–Kier alpha value is -1.92. The van der Waals surface area contributed by atoms with Crippen molar-refractivity contribution in [2.24, 2.45) is 0 Å². The number of ether oxygens (including phenoxy) is 1. The van der Waals surface area contributed by atoms with Gasteiger partial charge in [0.1, 0.15) is 5.72 Å². The van der Waals surface area contributed by atoms with Crippen LogP contribution < -0.4 is 0 Å². The number of amides is 1. The highest BCUT2D eigenvalue weighted by Crippen LogP contribution is 2.39. The second kappa shape index (κ2) is 7.14. The fourth-order valence-corrected chi connectivity index (χ4v) is 3.96. The van der Waals surface area contributed by atoms with Crippen LogP contribution in [0.4, 0.5) is 0 Å². The molecular formula is C19H26N2O4. The molecule has 2 heterocycles. The normalized spacial score (nSPS) is 24.4. The monoisotopic (exact) mass is 346 g/mol. The number of carboxylic acid groups (broad SMARTS) is 1. The van der Waals surface area contributed by atoms with Crippen LogP contribution in [0.2, 0.25) is 0 Å². The molecule has 3 rings (SSSR count). The molecule has 1 spiro atoms. The quantitative estimate of drug-likeness (QED) is 0.902. The molecule has 2 fully saturated rings. The standard InChI is InChI=1S/C19H26N2O4/c1-3-15(14-7-5-4-6-8-14)17(22)21-16(18(23)24)13-25-19(21)9-11-20(2)12-10-19/h4-8,15-16H,3,9-13H2,1-2H3,(H,23,24). The van der Waals surface area contributed by atoms with Crippen molar-refractivity contribution >= 4 is 11.9 Å². The van der Waals surface area contributed by atoms with Crippen molar-refractivity contribution in [1.82, 2.24) is 9.80 Å². The number of hydrogen-bond donors (Lipinski definition) is 1. The average Bonchev–Trinajstić information content (AvgIpc) is 2.98. The number of likely N-dealkylation sites (tertiary alicyclic amines) is 1. The lowest BCUT2D eigenvalue weighted by atomic mass is 9.91. The summed E-state index contributed by atoms with van der Waals surface area (Å²) >= 11 is 0. The van der Waals surface area contributed by atoms with Gasteiger partial charge in [0.15, 0.2) is 6.04 Å². The molecule has 0 aromatic heterocycles. The molecule has 0 saturated carbocycles. The first-order valence-corrected chi connectivity index (χ1v) is 8.92. The van der Waals surface area contributed by atoms with Crippen LogP contribution in [-0.4, -0.2) is 65.3 Å². The number of carbonyl (C=O) groups excluding carboxylic acids is 1. The van der Waals surface area contributed by atoms with E-state index in [1.54, 1.807) is 4.90 Å². The van der Waals surface area contributed by atoms with Crippen LogP contribution in [0.5, 0.6) is 0 Å². The molecule has 0 radical (unpaired) electrons. The predicted octanol–water partition coefficient (Wildman–Crippen LogP) is 1.91. The summed E-state index contributed by atoms with van der Waals surface area (Å²) in [6.07, 6.45) is 1.91. The molecule has 2 aliphatic heterocycles. The van der Waals surface area contributed by atoms with Crippen LogP contribution in [0.3, 0.4) is 0 Å². The Labute approximate surface area is 148 Å². The largest absolute Gasteiger partial charge is 0.480 e. The van der Waals surface area contributed by atoms with Crippen molar-refractivity contribution < 1.29 is 19.4 Å². The minimum absolute atomic E-state index is 0.0655. The molecule has 0 bridgehead atoms. The Morgan fingerprint density at radius 3 is 2.48 bits per heavy atom. The lowest BCUT2D eigenvalue weighted by molar-refractivity contribution is -0.166. The highest BCUT2D eigenvalue weighted by atomic mass is 16.5. The number of hydrogen-bond acceptors (Lipinski definition) is 4. The summed E-state index contributed by atoms with van der Waals surface area (Å²) in [7, 11) is 2.03. The SMILES string of the molecule is CCC(C(=O)N1C(C(=O)O)COC12CCN(C)CC2)c1ccccc1. The first-order valence-electron chi connectivity index (χ1n) is 8.92. The second-order valence-corrected chi connectivity index (χ2v) is 6.99. The van der Waals surface area contributed by atoms with Gasteiger partial charge in [-0.2, -0.15) is 0 Å². The van der Waals surface area contributed by atoms with Crippen molar-refractivity contribution in [1.29, 1.82) is 0 Å². The minimum Gasteiger partial charge on any atom is -0.480 e. The van der Waals surface area contributed by atoms with Gasteiger partial charge < -0.3 is 14.7 Å². The molecule has 6 nitrogen and oxygen atoms in total. The molecule has 136 valence electrons. The van der Waals surface area contributed by atoms with Gasteiger partial charge in [-0.3, -0.25) is 9.69 Å². The maximum Gasteiger partial charge on any atom is 0.328 e. The summed E-state index contributed by atoms with van der Waals surface area (Å²) in [6.45, 7) is 3.61. The van der Waals surface area contributed by atoms with E-state index in [0.717, 1.165) is 18.7 Å². The fourth-order valence-electron chi connectivity index (χ4n) is 3.96. The zero-order valence-corrected chi connectivity index (χ0v) is 14.9. The van der Waals surface area contributed by atoms with Crippen LogP contribution >= 0.6 is 0 Å². The van der Waals surface area contributed by atoms with Crippen LogP contribution in [0.25, 0.3) is 0 Å². The van der Waals surface area contributed by atoms with E-state index >= 15 is 0 Å². The topological polar surface area (TPSA) is 70.1 Å². The van der Waals surface area contributed by atoms with Gasteiger partial charge in [-0.15, -0.1) is 0 Å². The van der Waals surface area contributed by atoms with Crippen LogP contribution in [0.15, 0.2) is 30.3 Å². The van der Waals surface area contributed by atoms with E-state index in [4.69, 9.17) is 4.74 Å². The first-order chi connectivity index (χ1) is 12.0. The van der Waals surface area contributed by atoms with Gasteiger partial charge in [-0.05, 0) is 19.0 Å². The van der Waals surface area contributed by atoms with Crippen molar-refractivity contribution in [2.75, 3.05) is 26.7 Å². The lowest BCUT2D eigenvalue weighted by Crippen LogP contribution is -2.58. The van der Waals surface area contributed by atoms with Crippen LogP contribution in [-0.2, 0) is 14.3 Å². The highest BCUT2D eigenvalue weighted by Gasteiger charge is 2.54. The Bertz CT molecular complexity index is 626. The third-order valence-corrected chi connectivity index (χ3v) is 5.46. The lowest BCUT2D eigenvalue weighted by Gasteiger charge is -2.44. The number of aliphatic carboxylic acids is 1. The molecule has 2 aliphatic rings. The van der Waals surface area contributed by atoms with E-state index in [2.05, 4.69) is 4.90 Å². The van der Waals surface area contributed by atoms with Crippen molar-refractivity contribution in [3.63, 3.8) is 0 Å². The summed E-state index contributed by atoms with van der Waals surface area (Å²) < 4.78 is 5.97. The Kier molecular flexibility index (Phi) is 5.11. The number of rotatable bonds is 4. The Morgan fingerprint density at radius 1 is 1.28 bits per heavy atom. The van der Waals surface area contributed by atoms with Gasteiger partial charge in [0.05, 0.1) is 12.5 Å². The van der Waals surface area contributed by atoms with E-state index in [-0.39, 0.29) is 18.4 Å². The van der Waals surface area contributed by atoms with Crippen LogP contribution in [0, 0.1) is 0 Å². The van der Waals surface area contributed by atoms with Gasteiger partial charge in [-0.1, -0.05) is 37.3 Å². The van der Waals surface area contributed by atoms with E-state index in [1.165, 1.54) is 0 Å². The number of benzene rings is 1. The summed E-state index contributed by atoms with van der Waals surface area (Å²) in [5.41, 5.74) is 0.142. The average molecular weight is 346 g/mol. The van der Waals surface area contributed by atoms with Crippen molar-refractivity contribution in [2.45, 2.75) is 43.9 Å². The number of carbonyl (C=O) groups is 2.